The van der Waals surface area contributed by atoms with Gasteiger partial charge >= 0.3 is 0 Å². The fraction of sp³-hybridized carbons (Fsp3) is 0.174. The van der Waals surface area contributed by atoms with Gasteiger partial charge in [-0.3, -0.25) is 0 Å². The lowest BCUT2D eigenvalue weighted by Gasteiger charge is -2.20. The summed E-state index contributed by atoms with van der Waals surface area (Å²) in [5, 5.41) is 24.9. The van der Waals surface area contributed by atoms with Crippen molar-refractivity contribution in [3.8, 4) is 34.6 Å². The van der Waals surface area contributed by atoms with E-state index < -0.39 is 0 Å². The van der Waals surface area contributed by atoms with Crippen LogP contribution in [0.4, 0.5) is 0 Å². The number of benzene rings is 6. The van der Waals surface area contributed by atoms with Crippen molar-refractivity contribution in [2.24, 2.45) is 0 Å². The molecule has 0 unspecified atom stereocenters. The molecule has 0 amide bonds. The van der Waals surface area contributed by atoms with Crippen LogP contribution in [0.25, 0.3) is 66.1 Å². The van der Waals surface area contributed by atoms with Crippen LogP contribution in [-0.4, -0.2) is 9.13 Å². The molecule has 8 rings (SSSR count). The van der Waals surface area contributed by atoms with E-state index in [1.807, 2.05) is 18.2 Å². The molecule has 0 saturated heterocycles. The second kappa shape index (κ2) is 11.2. The van der Waals surface area contributed by atoms with E-state index in [-0.39, 0.29) is 10.8 Å². The third kappa shape index (κ3) is 4.88. The molecule has 242 valence electrons. The molecule has 0 saturated carbocycles. The molecule has 4 heteroatoms. The van der Waals surface area contributed by atoms with E-state index in [2.05, 4.69) is 160 Å². The monoisotopic (exact) mass is 646 g/mol. The standard InChI is InChI=1S/C46H38N4/c1-45(2,3)31-17-20-41-36(23-31)37-24-32(46(4,5)6)18-21-42(37)50(41)44-26-39-35-14-10-11-15-40(35)49(33-12-8-7-9-13-33)43(39)25-38(44)34-19-16-29(27-47)22-30(34)28-48/h7-26H,1-6H3. The second-order valence-corrected chi connectivity index (χ2v) is 15.4. The van der Waals surface area contributed by atoms with Crippen LogP contribution in [0.5, 0.6) is 0 Å². The Bertz CT molecular complexity index is 2660. The van der Waals surface area contributed by atoms with E-state index in [0.29, 0.717) is 11.1 Å². The van der Waals surface area contributed by atoms with Crippen LogP contribution in [0.3, 0.4) is 0 Å². The Balaban J connectivity index is 1.57. The predicted octanol–water partition coefficient (Wildman–Crippen LogP) is 11.9. The van der Waals surface area contributed by atoms with Crippen LogP contribution in [0.1, 0.15) is 63.8 Å². The minimum absolute atomic E-state index is 0.0161. The summed E-state index contributed by atoms with van der Waals surface area (Å²) in [6, 6.07) is 47.4. The van der Waals surface area contributed by atoms with Gasteiger partial charge in [0.25, 0.3) is 0 Å². The van der Waals surface area contributed by atoms with Gasteiger partial charge in [-0.25, -0.2) is 0 Å². The van der Waals surface area contributed by atoms with Crippen LogP contribution < -0.4 is 0 Å². The van der Waals surface area contributed by atoms with Crippen LogP contribution in [0.2, 0.25) is 0 Å². The average molecular weight is 647 g/mol. The molecule has 0 N–H and O–H groups in total. The van der Waals surface area contributed by atoms with E-state index in [1.165, 1.54) is 21.9 Å². The van der Waals surface area contributed by atoms with Crippen LogP contribution in [0, 0.1) is 22.7 Å². The van der Waals surface area contributed by atoms with Gasteiger partial charge in [0, 0.05) is 38.4 Å². The predicted molar refractivity (Wildman–Crippen MR) is 207 cm³/mol. The summed E-state index contributed by atoms with van der Waals surface area (Å²) in [5.74, 6) is 0. The van der Waals surface area contributed by atoms with Gasteiger partial charge in [0.05, 0.1) is 51.0 Å². The summed E-state index contributed by atoms with van der Waals surface area (Å²) < 4.78 is 4.69. The molecule has 50 heavy (non-hydrogen) atoms. The van der Waals surface area contributed by atoms with Crippen molar-refractivity contribution in [1.29, 1.82) is 10.5 Å². The highest BCUT2D eigenvalue weighted by molar-refractivity contribution is 6.14. The number of nitrogens with zero attached hydrogens (tertiary/aromatic N) is 4. The Morgan fingerprint density at radius 3 is 1.64 bits per heavy atom. The van der Waals surface area contributed by atoms with E-state index in [9.17, 15) is 10.5 Å². The van der Waals surface area contributed by atoms with Gasteiger partial charge in [-0.2, -0.15) is 10.5 Å². The first kappa shape index (κ1) is 31.2. The highest BCUT2D eigenvalue weighted by Gasteiger charge is 2.24. The SMILES string of the molecule is CC(C)(C)c1ccc2c(c1)c1cc(C(C)(C)C)ccc1n2-c1cc2c3ccccc3n(-c3ccccc3)c2cc1-c1ccc(C#N)cc1C#N. The van der Waals surface area contributed by atoms with Crippen molar-refractivity contribution in [3.05, 3.63) is 144 Å². The minimum Gasteiger partial charge on any atom is -0.309 e. The highest BCUT2D eigenvalue weighted by atomic mass is 15.0. The van der Waals surface area contributed by atoms with Gasteiger partial charge in [0.2, 0.25) is 0 Å². The Kier molecular flexibility index (Phi) is 7.00. The maximum Gasteiger partial charge on any atom is 0.0998 e. The Morgan fingerprint density at radius 2 is 1.04 bits per heavy atom. The van der Waals surface area contributed by atoms with Crippen LogP contribution in [-0.2, 0) is 10.8 Å². The van der Waals surface area contributed by atoms with Crippen molar-refractivity contribution >= 4 is 43.6 Å². The summed E-state index contributed by atoms with van der Waals surface area (Å²) in [4.78, 5) is 0. The topological polar surface area (TPSA) is 57.4 Å². The van der Waals surface area contributed by atoms with Crippen LogP contribution >= 0.6 is 0 Å². The van der Waals surface area contributed by atoms with E-state index in [4.69, 9.17) is 0 Å². The number of nitriles is 2. The lowest BCUT2D eigenvalue weighted by Crippen LogP contribution is -2.10. The van der Waals surface area contributed by atoms with Gasteiger partial charge in [-0.05, 0) is 88.7 Å². The van der Waals surface area contributed by atoms with E-state index >= 15 is 0 Å². The summed E-state index contributed by atoms with van der Waals surface area (Å²) in [6.07, 6.45) is 0. The normalized spacial score (nSPS) is 12.2. The summed E-state index contributed by atoms with van der Waals surface area (Å²) in [6.45, 7) is 13.6. The number of fused-ring (bicyclic) bond motifs is 6. The molecule has 2 heterocycles. The molecule has 0 aliphatic rings. The largest absolute Gasteiger partial charge is 0.309 e. The minimum atomic E-state index is -0.0161. The lowest BCUT2D eigenvalue weighted by atomic mass is 9.85. The molecule has 0 radical (unpaired) electrons. The lowest BCUT2D eigenvalue weighted by molar-refractivity contribution is 0.590. The quantitative estimate of drug-likeness (QED) is 0.192. The Labute approximate surface area is 293 Å². The van der Waals surface area contributed by atoms with Crippen molar-refractivity contribution < 1.29 is 0 Å². The molecule has 6 aromatic carbocycles. The molecule has 0 bridgehead atoms. The average Bonchev–Trinajstić information content (AvgIpc) is 3.62. The van der Waals surface area contributed by atoms with Crippen molar-refractivity contribution in [3.63, 3.8) is 0 Å². The number of para-hydroxylation sites is 2. The first-order valence-electron chi connectivity index (χ1n) is 17.1. The van der Waals surface area contributed by atoms with Gasteiger partial charge in [0.15, 0.2) is 0 Å². The van der Waals surface area contributed by atoms with Crippen molar-refractivity contribution in [2.45, 2.75) is 52.4 Å². The number of hydrogen-bond acceptors (Lipinski definition) is 2. The third-order valence-electron chi connectivity index (χ3n) is 10.1. The fourth-order valence-electron chi connectivity index (χ4n) is 7.42. The van der Waals surface area contributed by atoms with Gasteiger partial charge in [-0.1, -0.05) is 96.1 Å². The summed E-state index contributed by atoms with van der Waals surface area (Å²) >= 11 is 0. The smallest absolute Gasteiger partial charge is 0.0998 e. The zero-order chi connectivity index (χ0) is 34.9. The molecular formula is C46H38N4. The molecule has 0 aliphatic carbocycles. The maximum atomic E-state index is 10.5. The molecule has 2 aromatic heterocycles. The number of hydrogen-bond donors (Lipinski definition) is 0. The molecule has 8 aromatic rings. The van der Waals surface area contributed by atoms with E-state index in [1.54, 1.807) is 6.07 Å². The summed E-state index contributed by atoms with van der Waals surface area (Å²) in [7, 11) is 0. The van der Waals surface area contributed by atoms with Gasteiger partial charge < -0.3 is 9.13 Å². The molecule has 0 spiro atoms. The molecule has 0 aliphatic heterocycles. The number of rotatable bonds is 3. The summed E-state index contributed by atoms with van der Waals surface area (Å²) in [5.41, 5.74) is 11.6. The molecular weight excluding hydrogens is 609 g/mol. The van der Waals surface area contributed by atoms with Crippen LogP contribution in [0.15, 0.2) is 121 Å². The second-order valence-electron chi connectivity index (χ2n) is 15.4. The third-order valence-corrected chi connectivity index (χ3v) is 10.1. The number of aromatic nitrogens is 2. The van der Waals surface area contributed by atoms with Gasteiger partial charge in [-0.15, -0.1) is 0 Å². The highest BCUT2D eigenvalue weighted by Crippen LogP contribution is 2.44. The first-order chi connectivity index (χ1) is 24.0. The molecule has 4 nitrogen and oxygen atoms in total. The zero-order valence-corrected chi connectivity index (χ0v) is 29.3. The van der Waals surface area contributed by atoms with Crippen molar-refractivity contribution in [2.75, 3.05) is 0 Å². The molecule has 0 fully saturated rings. The first-order valence-corrected chi connectivity index (χ1v) is 17.1. The Morgan fingerprint density at radius 1 is 0.460 bits per heavy atom. The molecule has 0 atom stereocenters. The van der Waals surface area contributed by atoms with E-state index in [0.717, 1.165) is 55.3 Å². The zero-order valence-electron chi connectivity index (χ0n) is 29.3. The Hall–Kier alpha value is -6.10. The van der Waals surface area contributed by atoms with Crippen molar-refractivity contribution in [1.82, 2.24) is 9.13 Å². The maximum absolute atomic E-state index is 10.5. The fourth-order valence-corrected chi connectivity index (χ4v) is 7.42. The van der Waals surface area contributed by atoms with Gasteiger partial charge in [0.1, 0.15) is 0 Å².